The highest BCUT2D eigenvalue weighted by Crippen LogP contribution is 2.15. The van der Waals surface area contributed by atoms with Crippen LogP contribution < -0.4 is 4.74 Å². The Kier molecular flexibility index (Phi) is 7.85. The summed E-state index contributed by atoms with van der Waals surface area (Å²) in [5.74, 6) is -0.398. The van der Waals surface area contributed by atoms with E-state index < -0.39 is 5.97 Å². The highest BCUT2D eigenvalue weighted by molar-refractivity contribution is 6.30. The van der Waals surface area contributed by atoms with E-state index in [1.165, 1.54) is 4.90 Å². The highest BCUT2D eigenvalue weighted by Gasteiger charge is 2.19. The number of carboxylic acids is 1. The Morgan fingerprint density at radius 3 is 2.35 bits per heavy atom. The van der Waals surface area contributed by atoms with Gasteiger partial charge in [0.1, 0.15) is 12.4 Å². The van der Waals surface area contributed by atoms with Crippen molar-refractivity contribution in [3.05, 3.63) is 29.3 Å². The van der Waals surface area contributed by atoms with Crippen LogP contribution in [0.25, 0.3) is 0 Å². The Balaban J connectivity index is 2.40. The van der Waals surface area contributed by atoms with Crippen LogP contribution in [0.4, 0.5) is 0 Å². The average molecular weight is 343 g/mol. The molecule has 0 atom stereocenters. The minimum Gasteiger partial charge on any atom is -0.492 e. The fourth-order valence-corrected chi connectivity index (χ4v) is 1.97. The second-order valence-corrected chi connectivity index (χ2v) is 5.95. The Labute approximate surface area is 141 Å². The summed E-state index contributed by atoms with van der Waals surface area (Å²) in [6.45, 7) is 4.41. The van der Waals surface area contributed by atoms with Crippen molar-refractivity contribution < 1.29 is 19.4 Å². The lowest BCUT2D eigenvalue weighted by Crippen LogP contribution is -2.44. The minimum atomic E-state index is -0.944. The number of aliphatic carboxylic acids is 1. The lowest BCUT2D eigenvalue weighted by molar-refractivity contribution is -0.140. The molecule has 0 bridgehead atoms. The van der Waals surface area contributed by atoms with Gasteiger partial charge >= 0.3 is 5.97 Å². The summed E-state index contributed by atoms with van der Waals surface area (Å²) in [5, 5.41) is 9.51. The number of halogens is 1. The van der Waals surface area contributed by atoms with Crippen LogP contribution in [0.3, 0.4) is 0 Å². The van der Waals surface area contributed by atoms with Gasteiger partial charge in [0.15, 0.2) is 0 Å². The maximum atomic E-state index is 12.1. The van der Waals surface area contributed by atoms with Crippen molar-refractivity contribution in [3.63, 3.8) is 0 Å². The lowest BCUT2D eigenvalue weighted by Gasteiger charge is -2.26. The molecule has 0 spiro atoms. The first-order valence-electron chi connectivity index (χ1n) is 7.37. The van der Waals surface area contributed by atoms with E-state index >= 15 is 0 Å². The molecule has 6 nitrogen and oxygen atoms in total. The number of carbonyl (C=O) groups excluding carboxylic acids is 1. The Morgan fingerprint density at radius 1 is 1.22 bits per heavy atom. The van der Waals surface area contributed by atoms with Crippen molar-refractivity contribution in [2.24, 2.45) is 0 Å². The molecular formula is C16H23ClN2O4. The molecule has 0 aliphatic rings. The number of nitrogens with zero attached hydrogens (tertiary/aromatic N) is 2. The summed E-state index contributed by atoms with van der Waals surface area (Å²) in [6.07, 6.45) is 0. The third kappa shape index (κ3) is 7.34. The highest BCUT2D eigenvalue weighted by atomic mass is 35.5. The predicted molar refractivity (Wildman–Crippen MR) is 88.9 cm³/mol. The number of amides is 1. The summed E-state index contributed by atoms with van der Waals surface area (Å²) in [5.41, 5.74) is 0. The molecule has 0 heterocycles. The number of benzene rings is 1. The third-order valence-electron chi connectivity index (χ3n) is 3.34. The van der Waals surface area contributed by atoms with Gasteiger partial charge in [-0.25, -0.2) is 0 Å². The van der Waals surface area contributed by atoms with Gasteiger partial charge in [0.2, 0.25) is 5.91 Å². The van der Waals surface area contributed by atoms with Crippen LogP contribution in [0.15, 0.2) is 24.3 Å². The van der Waals surface area contributed by atoms with Crippen LogP contribution >= 0.6 is 11.6 Å². The summed E-state index contributed by atoms with van der Waals surface area (Å²) in [4.78, 5) is 26.1. The quantitative estimate of drug-likeness (QED) is 0.743. The molecule has 0 saturated carbocycles. The van der Waals surface area contributed by atoms with Crippen molar-refractivity contribution >= 4 is 23.5 Å². The first-order chi connectivity index (χ1) is 10.8. The van der Waals surface area contributed by atoms with Gasteiger partial charge in [-0.1, -0.05) is 11.6 Å². The molecule has 0 aliphatic carbocycles. The van der Waals surface area contributed by atoms with Crippen LogP contribution in [-0.2, 0) is 9.59 Å². The topological polar surface area (TPSA) is 70.1 Å². The van der Waals surface area contributed by atoms with Crippen molar-refractivity contribution in [1.29, 1.82) is 0 Å². The summed E-state index contributed by atoms with van der Waals surface area (Å²) in [6, 6.07) is 6.97. The first kappa shape index (κ1) is 19.3. The van der Waals surface area contributed by atoms with Gasteiger partial charge in [-0.3, -0.25) is 14.5 Å². The fraction of sp³-hybridized carbons (Fsp3) is 0.500. The number of likely N-dealkylation sites (N-methyl/N-ethyl adjacent to an activating group) is 1. The van der Waals surface area contributed by atoms with Gasteiger partial charge in [0.25, 0.3) is 0 Å². The van der Waals surface area contributed by atoms with Gasteiger partial charge < -0.3 is 14.7 Å². The lowest BCUT2D eigenvalue weighted by atomic mass is 10.3. The molecule has 1 N–H and O–H groups in total. The SMILES string of the molecule is CC(C)N(CC(=O)O)CC(=O)N(C)CCOc1ccc(Cl)cc1. The zero-order valence-corrected chi connectivity index (χ0v) is 14.4. The average Bonchev–Trinajstić information content (AvgIpc) is 2.47. The van der Waals surface area contributed by atoms with E-state index in [1.54, 1.807) is 36.2 Å². The van der Waals surface area contributed by atoms with Crippen LogP contribution in [0.1, 0.15) is 13.8 Å². The van der Waals surface area contributed by atoms with Gasteiger partial charge in [-0.15, -0.1) is 0 Å². The minimum absolute atomic E-state index is 0.0197. The standard InChI is InChI=1S/C16H23ClN2O4/c1-12(2)19(11-16(21)22)10-15(20)18(3)8-9-23-14-6-4-13(17)5-7-14/h4-7,12H,8-11H2,1-3H3,(H,21,22). The maximum Gasteiger partial charge on any atom is 0.317 e. The van der Waals surface area contributed by atoms with Crippen molar-refractivity contribution in [3.8, 4) is 5.75 Å². The predicted octanol–water partition coefficient (Wildman–Crippen LogP) is 1.97. The maximum absolute atomic E-state index is 12.1. The first-order valence-corrected chi connectivity index (χ1v) is 7.75. The van der Waals surface area contributed by atoms with Gasteiger partial charge in [-0.05, 0) is 38.1 Å². The number of hydrogen-bond acceptors (Lipinski definition) is 4. The number of rotatable bonds is 9. The molecule has 128 valence electrons. The molecule has 0 aromatic heterocycles. The monoisotopic (exact) mass is 342 g/mol. The van der Waals surface area contributed by atoms with E-state index in [2.05, 4.69) is 0 Å². The number of carbonyl (C=O) groups is 2. The molecule has 1 amide bonds. The molecule has 23 heavy (non-hydrogen) atoms. The van der Waals surface area contributed by atoms with E-state index in [-0.39, 0.29) is 25.0 Å². The second-order valence-electron chi connectivity index (χ2n) is 5.51. The summed E-state index contributed by atoms with van der Waals surface area (Å²) >= 11 is 5.79. The largest absolute Gasteiger partial charge is 0.492 e. The van der Waals surface area contributed by atoms with Crippen molar-refractivity contribution in [1.82, 2.24) is 9.80 Å². The summed E-state index contributed by atoms with van der Waals surface area (Å²) < 4.78 is 5.54. The van der Waals surface area contributed by atoms with Crippen LogP contribution in [0.5, 0.6) is 5.75 Å². The van der Waals surface area contributed by atoms with E-state index in [0.717, 1.165) is 0 Å². The molecule has 0 fully saturated rings. The number of carboxylic acid groups (broad SMARTS) is 1. The molecule has 1 rings (SSSR count). The number of hydrogen-bond donors (Lipinski definition) is 1. The van der Waals surface area contributed by atoms with Crippen molar-refractivity contribution in [2.75, 3.05) is 33.3 Å². The van der Waals surface area contributed by atoms with Gasteiger partial charge in [-0.2, -0.15) is 0 Å². The van der Waals surface area contributed by atoms with E-state index in [0.29, 0.717) is 23.9 Å². The molecule has 1 aromatic rings. The Bertz CT molecular complexity index is 519. The van der Waals surface area contributed by atoms with Gasteiger partial charge in [0, 0.05) is 18.1 Å². The van der Waals surface area contributed by atoms with Crippen molar-refractivity contribution in [2.45, 2.75) is 19.9 Å². The van der Waals surface area contributed by atoms with Crippen LogP contribution in [0.2, 0.25) is 5.02 Å². The molecule has 0 radical (unpaired) electrons. The van der Waals surface area contributed by atoms with Crippen LogP contribution in [-0.4, -0.2) is 66.1 Å². The summed E-state index contributed by atoms with van der Waals surface area (Å²) in [7, 11) is 1.67. The molecular weight excluding hydrogens is 320 g/mol. The zero-order valence-electron chi connectivity index (χ0n) is 13.7. The molecule has 1 aromatic carbocycles. The molecule has 0 aliphatic heterocycles. The van der Waals surface area contributed by atoms with E-state index in [9.17, 15) is 9.59 Å². The fourth-order valence-electron chi connectivity index (χ4n) is 1.85. The number of ether oxygens (including phenoxy) is 1. The van der Waals surface area contributed by atoms with E-state index in [1.807, 2.05) is 13.8 Å². The smallest absolute Gasteiger partial charge is 0.317 e. The zero-order chi connectivity index (χ0) is 17.4. The Hall–Kier alpha value is -1.79. The normalized spacial score (nSPS) is 10.9. The Morgan fingerprint density at radius 2 is 1.83 bits per heavy atom. The second kappa shape index (κ2) is 9.37. The van der Waals surface area contributed by atoms with E-state index in [4.69, 9.17) is 21.4 Å². The molecule has 0 saturated heterocycles. The molecule has 0 unspecified atom stereocenters. The third-order valence-corrected chi connectivity index (χ3v) is 3.59. The van der Waals surface area contributed by atoms with Gasteiger partial charge in [0.05, 0.1) is 19.6 Å². The van der Waals surface area contributed by atoms with Crippen LogP contribution in [0, 0.1) is 0 Å². The molecule has 7 heteroatoms.